The Morgan fingerprint density at radius 2 is 1.72 bits per heavy atom. The van der Waals surface area contributed by atoms with Gasteiger partial charge in [0, 0.05) is 13.2 Å². The lowest BCUT2D eigenvalue weighted by Crippen LogP contribution is -2.18. The number of anilines is 1. The number of alkyl halides is 3. The zero-order chi connectivity index (χ0) is 18.4. The lowest BCUT2D eigenvalue weighted by atomic mass is 10.0. The van der Waals surface area contributed by atoms with E-state index < -0.39 is 40.1 Å². The Kier molecular flexibility index (Phi) is 3.94. The second-order valence-electron chi connectivity index (χ2n) is 5.13. The highest BCUT2D eigenvalue weighted by atomic mass is 19.4. The molecule has 0 aliphatic rings. The molecule has 3 aromatic rings. The lowest BCUT2D eigenvalue weighted by molar-refractivity contribution is -0.137. The van der Waals surface area contributed by atoms with Crippen LogP contribution in [0.15, 0.2) is 41.3 Å². The molecule has 1 N–H and O–H groups in total. The van der Waals surface area contributed by atoms with Gasteiger partial charge in [0.25, 0.3) is 5.56 Å². The van der Waals surface area contributed by atoms with Crippen molar-refractivity contribution < 1.29 is 22.0 Å². The summed E-state index contributed by atoms with van der Waals surface area (Å²) >= 11 is 0. The fourth-order valence-electron chi connectivity index (χ4n) is 2.52. The smallest absolute Gasteiger partial charge is 0.358 e. The van der Waals surface area contributed by atoms with Crippen LogP contribution in [0.4, 0.5) is 27.9 Å². The number of pyridine rings is 1. The van der Waals surface area contributed by atoms with Crippen molar-refractivity contribution in [2.75, 3.05) is 12.4 Å². The van der Waals surface area contributed by atoms with Crippen LogP contribution in [0.3, 0.4) is 0 Å². The van der Waals surface area contributed by atoms with Crippen LogP contribution < -0.4 is 10.9 Å². The number of halogens is 5. The Morgan fingerprint density at radius 1 is 1.08 bits per heavy atom. The molecule has 0 bridgehead atoms. The summed E-state index contributed by atoms with van der Waals surface area (Å²) in [6, 6.07) is 4.35. The van der Waals surface area contributed by atoms with Gasteiger partial charge in [-0.15, -0.1) is 0 Å². The summed E-state index contributed by atoms with van der Waals surface area (Å²) in [7, 11) is 1.41. The molecule has 130 valence electrons. The number of benzene rings is 1. The van der Waals surface area contributed by atoms with Gasteiger partial charge in [-0.05, 0) is 24.3 Å². The van der Waals surface area contributed by atoms with Crippen LogP contribution in [-0.4, -0.2) is 16.4 Å². The van der Waals surface area contributed by atoms with Gasteiger partial charge in [0.2, 0.25) is 5.95 Å². The summed E-state index contributed by atoms with van der Waals surface area (Å²) < 4.78 is 68.4. The number of hydrogen-bond donors (Lipinski definition) is 1. The molecule has 9 heteroatoms. The van der Waals surface area contributed by atoms with Gasteiger partial charge in [-0.1, -0.05) is 6.07 Å². The first-order valence-electron chi connectivity index (χ1n) is 7.00. The molecule has 0 aliphatic heterocycles. The van der Waals surface area contributed by atoms with E-state index >= 15 is 0 Å². The topological polar surface area (TPSA) is 46.4 Å². The molecule has 0 saturated carbocycles. The van der Waals surface area contributed by atoms with Gasteiger partial charge in [-0.3, -0.25) is 9.20 Å². The second-order valence-corrected chi connectivity index (χ2v) is 5.13. The third kappa shape index (κ3) is 2.81. The van der Waals surface area contributed by atoms with Gasteiger partial charge < -0.3 is 5.32 Å². The molecule has 0 radical (unpaired) electrons. The summed E-state index contributed by atoms with van der Waals surface area (Å²) in [6.45, 7) is 0. The summed E-state index contributed by atoms with van der Waals surface area (Å²) in [5, 5.41) is 2.56. The van der Waals surface area contributed by atoms with Crippen molar-refractivity contribution in [3.05, 3.63) is 64.1 Å². The van der Waals surface area contributed by atoms with E-state index in [0.29, 0.717) is 6.07 Å². The molecular formula is C16H10F5N3O. The van der Waals surface area contributed by atoms with Gasteiger partial charge in [-0.25, -0.2) is 8.78 Å². The van der Waals surface area contributed by atoms with Crippen molar-refractivity contribution in [1.82, 2.24) is 9.38 Å². The van der Waals surface area contributed by atoms with Crippen LogP contribution >= 0.6 is 0 Å². The zero-order valence-electron chi connectivity index (χ0n) is 12.7. The van der Waals surface area contributed by atoms with Crippen molar-refractivity contribution in [3.8, 4) is 11.1 Å². The van der Waals surface area contributed by atoms with E-state index in [-0.39, 0.29) is 11.5 Å². The number of nitrogens with zero attached hydrogens (tertiary/aromatic N) is 2. The van der Waals surface area contributed by atoms with Crippen molar-refractivity contribution in [1.29, 1.82) is 0 Å². The molecule has 0 fully saturated rings. The number of nitrogens with one attached hydrogen (secondary N) is 1. The van der Waals surface area contributed by atoms with E-state index in [1.54, 1.807) is 0 Å². The van der Waals surface area contributed by atoms with Crippen molar-refractivity contribution >= 4 is 11.5 Å². The Labute approximate surface area is 137 Å². The summed E-state index contributed by atoms with van der Waals surface area (Å²) in [5.41, 5.74) is -3.73. The number of rotatable bonds is 2. The lowest BCUT2D eigenvalue weighted by Gasteiger charge is -2.15. The van der Waals surface area contributed by atoms with Crippen molar-refractivity contribution in [2.45, 2.75) is 6.18 Å². The van der Waals surface area contributed by atoms with Crippen LogP contribution in [0.25, 0.3) is 16.6 Å². The van der Waals surface area contributed by atoms with Gasteiger partial charge in [-0.2, -0.15) is 18.2 Å². The Hall–Kier alpha value is -2.97. The van der Waals surface area contributed by atoms with Gasteiger partial charge in [0.15, 0.2) is 0 Å². The number of aromatic nitrogens is 2. The summed E-state index contributed by atoms with van der Waals surface area (Å²) in [5.74, 6) is -2.21. The molecule has 0 aliphatic carbocycles. The van der Waals surface area contributed by atoms with E-state index in [0.717, 1.165) is 34.9 Å². The highest BCUT2D eigenvalue weighted by molar-refractivity contribution is 5.81. The zero-order valence-corrected chi connectivity index (χ0v) is 12.7. The molecule has 2 heterocycles. The Balaban J connectivity index is 2.50. The SMILES string of the molecule is CNc1nc(=O)c(-c2c(F)cccc2F)c2cc(C(F)(F)F)ccn12. The molecule has 0 saturated heterocycles. The second kappa shape index (κ2) is 5.83. The average molecular weight is 355 g/mol. The maximum atomic E-state index is 14.1. The van der Waals surface area contributed by atoms with E-state index in [2.05, 4.69) is 10.3 Å². The van der Waals surface area contributed by atoms with Crippen LogP contribution in [0.1, 0.15) is 5.56 Å². The monoisotopic (exact) mass is 355 g/mol. The molecule has 1 aromatic carbocycles. The standard InChI is InChI=1S/C16H10F5N3O/c1-22-15-23-14(25)13(12-9(17)3-2-4-10(12)18)11-7-8(16(19,20)21)5-6-24(11)15/h2-7H,1H3,(H,22,23,25). The number of fused-ring (bicyclic) bond motifs is 1. The first-order chi connectivity index (χ1) is 11.7. The maximum Gasteiger partial charge on any atom is 0.416 e. The first-order valence-corrected chi connectivity index (χ1v) is 7.00. The maximum absolute atomic E-state index is 14.1. The minimum Gasteiger partial charge on any atom is -0.358 e. The van der Waals surface area contributed by atoms with Crippen molar-refractivity contribution in [2.24, 2.45) is 0 Å². The molecule has 0 amide bonds. The molecule has 25 heavy (non-hydrogen) atoms. The van der Waals surface area contributed by atoms with Gasteiger partial charge in [0.1, 0.15) is 11.6 Å². The third-order valence-electron chi connectivity index (χ3n) is 3.62. The fourth-order valence-corrected chi connectivity index (χ4v) is 2.52. The van der Waals surface area contributed by atoms with E-state index in [1.807, 2.05) is 0 Å². The van der Waals surface area contributed by atoms with E-state index in [4.69, 9.17) is 0 Å². The molecule has 2 aromatic heterocycles. The third-order valence-corrected chi connectivity index (χ3v) is 3.62. The van der Waals surface area contributed by atoms with Gasteiger partial charge >= 0.3 is 6.18 Å². The summed E-state index contributed by atoms with van der Waals surface area (Å²) in [6.07, 6.45) is -3.66. The fraction of sp³-hybridized carbons (Fsp3) is 0.125. The largest absolute Gasteiger partial charge is 0.416 e. The Bertz CT molecular complexity index is 1010. The van der Waals surface area contributed by atoms with Gasteiger partial charge in [0.05, 0.1) is 22.2 Å². The molecule has 0 atom stereocenters. The van der Waals surface area contributed by atoms with Crippen molar-refractivity contribution in [3.63, 3.8) is 0 Å². The molecule has 0 unspecified atom stereocenters. The minimum absolute atomic E-state index is 0.0609. The predicted octanol–water partition coefficient (Wildman–Crippen LogP) is 3.70. The molecule has 3 rings (SSSR count). The van der Waals surface area contributed by atoms with Crippen LogP contribution in [0.5, 0.6) is 0 Å². The predicted molar refractivity (Wildman–Crippen MR) is 81.4 cm³/mol. The highest BCUT2D eigenvalue weighted by Crippen LogP contribution is 2.33. The minimum atomic E-state index is -4.69. The normalized spacial score (nSPS) is 11.8. The molecule has 4 nitrogen and oxygen atoms in total. The highest BCUT2D eigenvalue weighted by Gasteiger charge is 2.31. The molecular weight excluding hydrogens is 345 g/mol. The van der Waals surface area contributed by atoms with E-state index in [9.17, 15) is 26.7 Å². The van der Waals surface area contributed by atoms with Crippen LogP contribution in [0, 0.1) is 11.6 Å². The van der Waals surface area contributed by atoms with Crippen LogP contribution in [0.2, 0.25) is 0 Å². The van der Waals surface area contributed by atoms with Crippen LogP contribution in [-0.2, 0) is 6.18 Å². The molecule has 0 spiro atoms. The first kappa shape index (κ1) is 16.9. The number of hydrogen-bond acceptors (Lipinski definition) is 3. The Morgan fingerprint density at radius 3 is 2.28 bits per heavy atom. The van der Waals surface area contributed by atoms with E-state index in [1.165, 1.54) is 7.05 Å². The average Bonchev–Trinajstić information content (AvgIpc) is 2.54. The summed E-state index contributed by atoms with van der Waals surface area (Å²) in [4.78, 5) is 16.0. The quantitative estimate of drug-likeness (QED) is 0.713.